The minimum Gasteiger partial charge on any atom is -0.464 e. The highest BCUT2D eigenvalue weighted by Crippen LogP contribution is 2.20. The van der Waals surface area contributed by atoms with Crippen LogP contribution < -0.4 is 5.73 Å². The van der Waals surface area contributed by atoms with Gasteiger partial charge >= 0.3 is 11.9 Å². The number of nitrogens with two attached hydrogens (primary N) is 1. The van der Waals surface area contributed by atoms with Gasteiger partial charge in [0.15, 0.2) is 0 Å². The molecule has 0 aliphatic rings. The highest BCUT2D eigenvalue weighted by molar-refractivity contribution is 5.81. The Morgan fingerprint density at radius 1 is 0.605 bits per heavy atom. The SMILES string of the molecule is CCCCCCC(CCCC)C(=O)OCCN(CCOC(=O)C(CCCC)CCCCCC)C(=O)C(C)N. The molecule has 0 aromatic heterocycles. The zero-order chi connectivity index (χ0) is 28.6. The Morgan fingerprint density at radius 3 is 1.32 bits per heavy atom. The number of rotatable bonds is 25. The molecule has 0 radical (unpaired) electrons. The van der Waals surface area contributed by atoms with Crippen molar-refractivity contribution >= 4 is 17.8 Å². The summed E-state index contributed by atoms with van der Waals surface area (Å²) in [6, 6.07) is -0.673. The lowest BCUT2D eigenvalue weighted by Crippen LogP contribution is -2.45. The second kappa shape index (κ2) is 24.4. The molecule has 0 aliphatic heterocycles. The molecule has 7 nitrogen and oxygen atoms in total. The summed E-state index contributed by atoms with van der Waals surface area (Å²) in [7, 11) is 0. The van der Waals surface area contributed by atoms with E-state index in [1.807, 2.05) is 0 Å². The normalized spacial score (nSPS) is 13.5. The molecule has 0 saturated heterocycles. The van der Waals surface area contributed by atoms with E-state index in [4.69, 9.17) is 15.2 Å². The minimum atomic E-state index is -0.673. The number of amides is 1. The summed E-state index contributed by atoms with van der Waals surface area (Å²) < 4.78 is 11.2. The summed E-state index contributed by atoms with van der Waals surface area (Å²) in [6.07, 6.45) is 16.6. The molecule has 3 unspecified atom stereocenters. The lowest BCUT2D eigenvalue weighted by Gasteiger charge is -2.25. The second-order valence-electron chi connectivity index (χ2n) is 10.8. The maximum absolute atomic E-state index is 12.8. The average Bonchev–Trinajstić information content (AvgIpc) is 2.90. The summed E-state index contributed by atoms with van der Waals surface area (Å²) in [5, 5.41) is 0. The first-order chi connectivity index (χ1) is 18.3. The van der Waals surface area contributed by atoms with Crippen LogP contribution in [0.5, 0.6) is 0 Å². The topological polar surface area (TPSA) is 98.9 Å². The molecule has 7 heteroatoms. The summed E-state index contributed by atoms with van der Waals surface area (Å²) in [4.78, 5) is 39.8. The third-order valence-electron chi connectivity index (χ3n) is 7.20. The van der Waals surface area contributed by atoms with Gasteiger partial charge in [-0.2, -0.15) is 0 Å². The number of esters is 2. The van der Waals surface area contributed by atoms with E-state index in [9.17, 15) is 14.4 Å². The number of ether oxygens (including phenoxy) is 2. The number of unbranched alkanes of at least 4 members (excludes halogenated alkanes) is 8. The molecule has 0 bridgehead atoms. The Labute approximate surface area is 233 Å². The van der Waals surface area contributed by atoms with Gasteiger partial charge in [0.05, 0.1) is 31.0 Å². The van der Waals surface area contributed by atoms with E-state index in [0.717, 1.165) is 77.0 Å². The van der Waals surface area contributed by atoms with Crippen LogP contribution in [0.25, 0.3) is 0 Å². The third kappa shape index (κ3) is 17.8. The van der Waals surface area contributed by atoms with Crippen molar-refractivity contribution in [1.29, 1.82) is 0 Å². The van der Waals surface area contributed by atoms with Crippen molar-refractivity contribution in [3.05, 3.63) is 0 Å². The molecule has 1 amide bonds. The third-order valence-corrected chi connectivity index (χ3v) is 7.20. The van der Waals surface area contributed by atoms with Gasteiger partial charge in [0.1, 0.15) is 13.2 Å². The molecule has 0 fully saturated rings. The number of hydrogen-bond acceptors (Lipinski definition) is 6. The molecule has 0 aromatic carbocycles. The molecule has 0 heterocycles. The van der Waals surface area contributed by atoms with Crippen LogP contribution in [0.1, 0.15) is 137 Å². The van der Waals surface area contributed by atoms with Crippen LogP contribution in [-0.4, -0.2) is 55.1 Å². The Hall–Kier alpha value is -1.63. The van der Waals surface area contributed by atoms with E-state index in [2.05, 4.69) is 27.7 Å². The van der Waals surface area contributed by atoms with Gasteiger partial charge in [-0.3, -0.25) is 14.4 Å². The first kappa shape index (κ1) is 36.4. The van der Waals surface area contributed by atoms with E-state index in [0.29, 0.717) is 0 Å². The van der Waals surface area contributed by atoms with Crippen molar-refractivity contribution in [1.82, 2.24) is 4.90 Å². The molecular weight excluding hydrogens is 480 g/mol. The summed E-state index contributed by atoms with van der Waals surface area (Å²) in [5.74, 6) is -0.737. The summed E-state index contributed by atoms with van der Waals surface area (Å²) in [5.41, 5.74) is 5.86. The fraction of sp³-hybridized carbons (Fsp3) is 0.903. The highest BCUT2D eigenvalue weighted by Gasteiger charge is 2.23. The molecule has 224 valence electrons. The molecule has 2 N–H and O–H groups in total. The fourth-order valence-corrected chi connectivity index (χ4v) is 4.66. The summed E-state index contributed by atoms with van der Waals surface area (Å²) >= 11 is 0. The number of nitrogens with zero attached hydrogens (tertiary/aromatic N) is 1. The van der Waals surface area contributed by atoms with E-state index in [1.54, 1.807) is 11.8 Å². The van der Waals surface area contributed by atoms with Gasteiger partial charge < -0.3 is 20.1 Å². The van der Waals surface area contributed by atoms with Gasteiger partial charge in [-0.25, -0.2) is 0 Å². The molecule has 0 saturated carbocycles. The van der Waals surface area contributed by atoms with Crippen LogP contribution >= 0.6 is 0 Å². The van der Waals surface area contributed by atoms with Crippen molar-refractivity contribution < 1.29 is 23.9 Å². The minimum absolute atomic E-state index is 0.0808. The number of carbonyl (C=O) groups excluding carboxylic acids is 3. The van der Waals surface area contributed by atoms with E-state index >= 15 is 0 Å². The predicted octanol–water partition coefficient (Wildman–Crippen LogP) is 6.80. The highest BCUT2D eigenvalue weighted by atomic mass is 16.5. The van der Waals surface area contributed by atoms with Crippen LogP contribution in [-0.2, 0) is 23.9 Å². The standard InChI is InChI=1S/C31H60N2O5/c1-6-10-14-16-20-27(18-12-8-3)30(35)37-24-22-33(29(34)26(5)32)23-25-38-31(36)28(19-13-9-4)21-17-15-11-7-2/h26-28H,6-25,32H2,1-5H3. The van der Waals surface area contributed by atoms with Crippen LogP contribution in [0.2, 0.25) is 0 Å². The molecule has 0 aliphatic carbocycles. The van der Waals surface area contributed by atoms with Crippen molar-refractivity contribution in [3.63, 3.8) is 0 Å². The first-order valence-electron chi connectivity index (χ1n) is 15.7. The smallest absolute Gasteiger partial charge is 0.308 e. The van der Waals surface area contributed by atoms with Crippen LogP contribution in [0.4, 0.5) is 0 Å². The second-order valence-corrected chi connectivity index (χ2v) is 10.8. The largest absolute Gasteiger partial charge is 0.464 e. The average molecular weight is 541 g/mol. The number of hydrogen-bond donors (Lipinski definition) is 1. The van der Waals surface area contributed by atoms with Crippen LogP contribution in [0.3, 0.4) is 0 Å². The Kier molecular flexibility index (Phi) is 23.4. The molecule has 0 aromatic rings. The monoisotopic (exact) mass is 540 g/mol. The quantitative estimate of drug-likeness (QED) is 0.101. The molecular formula is C31H60N2O5. The Morgan fingerprint density at radius 2 is 0.974 bits per heavy atom. The molecule has 3 atom stereocenters. The van der Waals surface area contributed by atoms with Gasteiger partial charge in [0.25, 0.3) is 0 Å². The Bertz CT molecular complexity index is 569. The zero-order valence-electron chi connectivity index (χ0n) is 25.4. The maximum Gasteiger partial charge on any atom is 0.308 e. The predicted molar refractivity (Wildman–Crippen MR) is 156 cm³/mol. The van der Waals surface area contributed by atoms with Gasteiger partial charge in [-0.15, -0.1) is 0 Å². The Balaban J connectivity index is 4.81. The van der Waals surface area contributed by atoms with Crippen LogP contribution in [0.15, 0.2) is 0 Å². The van der Waals surface area contributed by atoms with Crippen LogP contribution in [0, 0.1) is 11.8 Å². The molecule has 38 heavy (non-hydrogen) atoms. The summed E-state index contributed by atoms with van der Waals surface area (Å²) in [6.45, 7) is 11.0. The maximum atomic E-state index is 12.8. The van der Waals surface area contributed by atoms with E-state index in [-0.39, 0.29) is 56.0 Å². The number of carbonyl (C=O) groups is 3. The lowest BCUT2D eigenvalue weighted by atomic mass is 9.95. The van der Waals surface area contributed by atoms with E-state index < -0.39 is 6.04 Å². The molecule has 0 spiro atoms. The first-order valence-corrected chi connectivity index (χ1v) is 15.7. The van der Waals surface area contributed by atoms with Gasteiger partial charge in [0.2, 0.25) is 5.91 Å². The van der Waals surface area contributed by atoms with E-state index in [1.165, 1.54) is 25.7 Å². The zero-order valence-corrected chi connectivity index (χ0v) is 25.4. The lowest BCUT2D eigenvalue weighted by molar-refractivity contribution is -0.152. The van der Waals surface area contributed by atoms with Crippen molar-refractivity contribution in [3.8, 4) is 0 Å². The van der Waals surface area contributed by atoms with Gasteiger partial charge in [-0.1, -0.05) is 105 Å². The van der Waals surface area contributed by atoms with Gasteiger partial charge in [0, 0.05) is 0 Å². The molecule has 0 rings (SSSR count). The van der Waals surface area contributed by atoms with Crippen molar-refractivity contribution in [2.45, 2.75) is 143 Å². The van der Waals surface area contributed by atoms with Crippen molar-refractivity contribution in [2.24, 2.45) is 17.6 Å². The van der Waals surface area contributed by atoms with Crippen molar-refractivity contribution in [2.75, 3.05) is 26.3 Å². The van der Waals surface area contributed by atoms with Gasteiger partial charge in [-0.05, 0) is 32.6 Å². The fourth-order valence-electron chi connectivity index (χ4n) is 4.66.